The van der Waals surface area contributed by atoms with Crippen molar-refractivity contribution in [1.82, 2.24) is 9.97 Å². The van der Waals surface area contributed by atoms with Crippen LogP contribution in [-0.4, -0.2) is 27.7 Å². The van der Waals surface area contributed by atoms with Gasteiger partial charge in [0.1, 0.15) is 18.2 Å². The van der Waals surface area contributed by atoms with E-state index >= 15 is 0 Å². The molecule has 3 aromatic rings. The molecule has 0 aliphatic heterocycles. The zero-order valence-electron chi connectivity index (χ0n) is 14.8. The summed E-state index contributed by atoms with van der Waals surface area (Å²) in [7, 11) is 0. The van der Waals surface area contributed by atoms with Crippen LogP contribution >= 0.6 is 0 Å². The van der Waals surface area contributed by atoms with E-state index in [9.17, 15) is 15.2 Å². The van der Waals surface area contributed by atoms with E-state index in [1.807, 2.05) is 61.5 Å². The number of benzene rings is 2. The summed E-state index contributed by atoms with van der Waals surface area (Å²) in [4.78, 5) is 19.7. The zero-order valence-corrected chi connectivity index (χ0v) is 14.8. The van der Waals surface area contributed by atoms with Crippen LogP contribution in [0, 0.1) is 11.3 Å². The maximum Gasteiger partial charge on any atom is 0.313 e. The van der Waals surface area contributed by atoms with Crippen LogP contribution in [0.5, 0.6) is 0 Å². The topological polar surface area (TPSA) is 99.0 Å². The number of aromatic amines is 1. The van der Waals surface area contributed by atoms with E-state index in [-0.39, 0.29) is 23.8 Å². The molecule has 6 heteroatoms. The summed E-state index contributed by atoms with van der Waals surface area (Å²) in [6, 6.07) is 18.5. The third-order valence-electron chi connectivity index (χ3n) is 4.27. The van der Waals surface area contributed by atoms with Crippen molar-refractivity contribution >= 4 is 22.6 Å². The second kappa shape index (κ2) is 8.19. The quantitative estimate of drug-likeness (QED) is 0.391. The molecule has 2 N–H and O–H groups in total. The van der Waals surface area contributed by atoms with Crippen LogP contribution in [0.25, 0.3) is 16.6 Å². The number of allylic oxidation sites excluding steroid dienone is 1. The molecule has 1 atom stereocenters. The number of aliphatic hydroxyl groups is 1. The summed E-state index contributed by atoms with van der Waals surface area (Å²) in [6.45, 7) is 1.51. The smallest absolute Gasteiger partial charge is 0.313 e. The van der Waals surface area contributed by atoms with Crippen molar-refractivity contribution in [2.75, 3.05) is 6.61 Å². The van der Waals surface area contributed by atoms with E-state index in [1.165, 1.54) is 0 Å². The predicted octanol–water partition coefficient (Wildman–Crippen LogP) is 4.09. The fourth-order valence-corrected chi connectivity index (χ4v) is 2.86. The van der Waals surface area contributed by atoms with Crippen molar-refractivity contribution in [2.45, 2.75) is 19.3 Å². The Morgan fingerprint density at radius 3 is 2.59 bits per heavy atom. The van der Waals surface area contributed by atoms with Crippen LogP contribution in [0.4, 0.5) is 0 Å². The first-order valence-electron chi connectivity index (χ1n) is 8.63. The molecule has 2 aromatic carbocycles. The highest BCUT2D eigenvalue weighted by atomic mass is 16.5. The molecule has 0 spiro atoms. The van der Waals surface area contributed by atoms with Gasteiger partial charge in [-0.25, -0.2) is 4.98 Å². The van der Waals surface area contributed by atoms with E-state index in [0.717, 1.165) is 11.1 Å². The number of aromatic nitrogens is 2. The number of nitrogens with one attached hydrogen (secondary N) is 1. The first-order valence-corrected chi connectivity index (χ1v) is 8.63. The lowest BCUT2D eigenvalue weighted by molar-refractivity contribution is -0.145. The van der Waals surface area contributed by atoms with Gasteiger partial charge < -0.3 is 14.8 Å². The van der Waals surface area contributed by atoms with Crippen molar-refractivity contribution in [3.05, 3.63) is 71.7 Å². The average Bonchev–Trinajstić information content (AvgIpc) is 3.12. The first kappa shape index (κ1) is 18.2. The summed E-state index contributed by atoms with van der Waals surface area (Å²) in [6.07, 6.45) is 0.571. The lowest BCUT2D eigenvalue weighted by Gasteiger charge is -2.14. The van der Waals surface area contributed by atoms with Crippen LogP contribution in [0.3, 0.4) is 0 Å². The molecule has 3 rings (SSSR count). The summed E-state index contributed by atoms with van der Waals surface area (Å²) >= 11 is 0. The minimum Gasteiger partial charge on any atom is -0.507 e. The number of carbonyl (C=O) groups is 1. The molecular formula is C21H19N3O3. The number of nitriles is 1. The Kier molecular flexibility index (Phi) is 5.53. The Morgan fingerprint density at radius 2 is 1.93 bits per heavy atom. The Hall–Kier alpha value is -3.59. The van der Waals surface area contributed by atoms with Crippen LogP contribution in [0.1, 0.15) is 30.7 Å². The van der Waals surface area contributed by atoms with Crippen LogP contribution < -0.4 is 0 Å². The number of rotatable bonds is 6. The second-order valence-electron chi connectivity index (χ2n) is 6.02. The van der Waals surface area contributed by atoms with Gasteiger partial charge in [0.25, 0.3) is 0 Å². The number of H-pyrrole nitrogens is 1. The second-order valence-corrected chi connectivity index (χ2v) is 6.02. The average molecular weight is 361 g/mol. The lowest BCUT2D eigenvalue weighted by atomic mass is 9.97. The van der Waals surface area contributed by atoms with Crippen molar-refractivity contribution in [1.29, 1.82) is 5.26 Å². The molecule has 6 nitrogen and oxygen atoms in total. The summed E-state index contributed by atoms with van der Waals surface area (Å²) in [5, 5.41) is 19.7. The fourth-order valence-electron chi connectivity index (χ4n) is 2.86. The number of esters is 1. The van der Waals surface area contributed by atoms with Crippen LogP contribution in [0.15, 0.2) is 60.4 Å². The monoisotopic (exact) mass is 361 g/mol. The Labute approximate surface area is 156 Å². The number of hydrogen-bond acceptors (Lipinski definition) is 5. The minimum absolute atomic E-state index is 0.0493. The minimum atomic E-state index is -0.447. The molecule has 0 radical (unpaired) electrons. The Bertz CT molecular complexity index is 983. The summed E-state index contributed by atoms with van der Waals surface area (Å²) < 4.78 is 5.25. The molecule has 1 heterocycles. The number of aliphatic hydroxyl groups excluding tert-OH is 1. The fraction of sp³-hybridized carbons (Fsp3) is 0.190. The van der Waals surface area contributed by atoms with Crippen molar-refractivity contribution < 1.29 is 14.6 Å². The number of nitrogens with zero attached hydrogens (tertiary/aromatic N) is 2. The molecule has 0 aliphatic carbocycles. The number of ether oxygens (including phenoxy) is 1. The molecule has 136 valence electrons. The van der Waals surface area contributed by atoms with Crippen molar-refractivity contribution in [3.8, 4) is 6.07 Å². The molecule has 0 bridgehead atoms. The van der Waals surface area contributed by atoms with Gasteiger partial charge in [0.2, 0.25) is 0 Å². The van der Waals surface area contributed by atoms with Gasteiger partial charge in [0, 0.05) is 0 Å². The van der Waals surface area contributed by atoms with Gasteiger partial charge in [0.15, 0.2) is 11.6 Å². The number of carbonyl (C=O) groups excluding carboxylic acids is 1. The maximum absolute atomic E-state index is 12.4. The normalized spacial score (nSPS) is 12.9. The van der Waals surface area contributed by atoms with Gasteiger partial charge in [-0.3, -0.25) is 4.79 Å². The van der Waals surface area contributed by atoms with Gasteiger partial charge in [-0.15, -0.1) is 0 Å². The molecule has 0 aliphatic rings. The Balaban J connectivity index is 1.76. The van der Waals surface area contributed by atoms with E-state index in [2.05, 4.69) is 9.97 Å². The van der Waals surface area contributed by atoms with Gasteiger partial charge in [0.05, 0.1) is 17.0 Å². The van der Waals surface area contributed by atoms with Gasteiger partial charge in [-0.05, 0) is 24.1 Å². The molecular weight excluding hydrogens is 342 g/mol. The van der Waals surface area contributed by atoms with E-state index in [0.29, 0.717) is 11.9 Å². The lowest BCUT2D eigenvalue weighted by Crippen LogP contribution is -2.17. The van der Waals surface area contributed by atoms with Crippen LogP contribution in [-0.2, 0) is 9.53 Å². The standard InChI is InChI=1S/C21H19N3O3/c1-2-15(14-8-4-3-5-9-14)21(26)27-13-19(25)16(12-22)20-23-17-10-6-7-11-18(17)24-20/h3-11,15,25H,2,13H2,1H3,(H,23,24)/b19-16-/t15-/m1/s1. The third-order valence-corrected chi connectivity index (χ3v) is 4.27. The maximum atomic E-state index is 12.4. The highest BCUT2D eigenvalue weighted by Gasteiger charge is 2.21. The molecule has 0 amide bonds. The van der Waals surface area contributed by atoms with Crippen LogP contribution in [0.2, 0.25) is 0 Å². The van der Waals surface area contributed by atoms with Gasteiger partial charge >= 0.3 is 5.97 Å². The molecule has 0 fully saturated rings. The Morgan fingerprint density at radius 1 is 1.22 bits per heavy atom. The van der Waals surface area contributed by atoms with Gasteiger partial charge in [-0.2, -0.15) is 5.26 Å². The summed E-state index contributed by atoms with van der Waals surface area (Å²) in [5.41, 5.74) is 2.23. The first-order chi connectivity index (χ1) is 13.1. The number of hydrogen-bond donors (Lipinski definition) is 2. The zero-order chi connectivity index (χ0) is 19.2. The molecule has 0 saturated heterocycles. The molecule has 0 unspecified atom stereocenters. The van der Waals surface area contributed by atoms with Crippen molar-refractivity contribution in [3.63, 3.8) is 0 Å². The number of para-hydroxylation sites is 2. The highest BCUT2D eigenvalue weighted by Crippen LogP contribution is 2.22. The molecule has 1 aromatic heterocycles. The highest BCUT2D eigenvalue weighted by molar-refractivity contribution is 5.83. The largest absolute Gasteiger partial charge is 0.507 e. The van der Waals surface area contributed by atoms with E-state index < -0.39 is 11.9 Å². The molecule has 27 heavy (non-hydrogen) atoms. The van der Waals surface area contributed by atoms with E-state index in [1.54, 1.807) is 6.07 Å². The summed E-state index contributed by atoms with van der Waals surface area (Å²) in [5.74, 6) is -0.969. The van der Waals surface area contributed by atoms with E-state index in [4.69, 9.17) is 4.74 Å². The predicted molar refractivity (Wildman–Crippen MR) is 102 cm³/mol. The van der Waals surface area contributed by atoms with Crippen molar-refractivity contribution in [2.24, 2.45) is 0 Å². The number of imidazole rings is 1. The third kappa shape index (κ3) is 3.98. The molecule has 0 saturated carbocycles. The number of fused-ring (bicyclic) bond motifs is 1. The SMILES string of the molecule is CC[C@@H](C(=O)OC/C(O)=C(\C#N)c1nc2ccccc2[nH]1)c1ccccc1. The van der Waals surface area contributed by atoms with Gasteiger partial charge in [-0.1, -0.05) is 49.4 Å².